The lowest BCUT2D eigenvalue weighted by atomic mass is 10.1. The highest BCUT2D eigenvalue weighted by molar-refractivity contribution is 5.88. The molecule has 1 amide bonds. The molecular weight excluding hydrogens is 296 g/mol. The van der Waals surface area contributed by atoms with Gasteiger partial charge < -0.3 is 14.6 Å². The van der Waals surface area contributed by atoms with E-state index >= 15 is 0 Å². The first-order valence-electron chi connectivity index (χ1n) is 7.60. The number of morpholine rings is 1. The van der Waals surface area contributed by atoms with Gasteiger partial charge in [-0.05, 0) is 24.6 Å². The van der Waals surface area contributed by atoms with Crippen molar-refractivity contribution in [1.82, 2.24) is 15.0 Å². The first-order chi connectivity index (χ1) is 11.1. The zero-order valence-electron chi connectivity index (χ0n) is 13.3. The van der Waals surface area contributed by atoms with Crippen molar-refractivity contribution in [3.8, 4) is 0 Å². The van der Waals surface area contributed by atoms with Gasteiger partial charge in [0.15, 0.2) is 5.82 Å². The second-order valence-corrected chi connectivity index (χ2v) is 5.62. The molecule has 122 valence electrons. The monoisotopic (exact) mass is 316 g/mol. The van der Waals surface area contributed by atoms with Crippen LogP contribution in [0.15, 0.2) is 28.8 Å². The first-order valence-corrected chi connectivity index (χ1v) is 7.60. The molecule has 1 saturated heterocycles. The van der Waals surface area contributed by atoms with E-state index in [0.29, 0.717) is 24.9 Å². The number of aryl methyl sites for hydroxylation is 1. The van der Waals surface area contributed by atoms with Gasteiger partial charge in [0.2, 0.25) is 11.8 Å². The number of ether oxygens (including phenoxy) is 1. The van der Waals surface area contributed by atoms with Crippen molar-refractivity contribution in [2.45, 2.75) is 26.4 Å². The predicted molar refractivity (Wildman–Crippen MR) is 83.8 cm³/mol. The van der Waals surface area contributed by atoms with E-state index in [1.54, 1.807) is 0 Å². The lowest BCUT2D eigenvalue weighted by Gasteiger charge is -2.33. The van der Waals surface area contributed by atoms with Gasteiger partial charge in [0.1, 0.15) is 6.04 Å². The zero-order valence-corrected chi connectivity index (χ0v) is 13.3. The van der Waals surface area contributed by atoms with Crippen molar-refractivity contribution in [1.29, 1.82) is 0 Å². The SMILES string of the molecule is CC(=O)Nc1ccc(CN2CCOC[C@H]2c2nc(C)no2)cc1. The van der Waals surface area contributed by atoms with E-state index in [9.17, 15) is 4.79 Å². The van der Waals surface area contributed by atoms with E-state index in [1.165, 1.54) is 6.92 Å². The van der Waals surface area contributed by atoms with E-state index in [2.05, 4.69) is 20.4 Å². The van der Waals surface area contributed by atoms with Gasteiger partial charge in [-0.3, -0.25) is 9.69 Å². The summed E-state index contributed by atoms with van der Waals surface area (Å²) in [5.41, 5.74) is 1.95. The van der Waals surface area contributed by atoms with Crippen molar-refractivity contribution in [3.63, 3.8) is 0 Å². The average molecular weight is 316 g/mol. The van der Waals surface area contributed by atoms with E-state index < -0.39 is 0 Å². The molecule has 1 fully saturated rings. The molecule has 23 heavy (non-hydrogen) atoms. The fourth-order valence-corrected chi connectivity index (χ4v) is 2.63. The van der Waals surface area contributed by atoms with Gasteiger partial charge in [0.05, 0.1) is 13.2 Å². The van der Waals surface area contributed by atoms with Gasteiger partial charge in [-0.2, -0.15) is 4.98 Å². The summed E-state index contributed by atoms with van der Waals surface area (Å²) in [5.74, 6) is 1.15. The van der Waals surface area contributed by atoms with Crippen LogP contribution in [0.2, 0.25) is 0 Å². The molecule has 2 aromatic rings. The molecule has 1 atom stereocenters. The third-order valence-corrected chi connectivity index (χ3v) is 3.73. The van der Waals surface area contributed by atoms with Gasteiger partial charge in [0, 0.05) is 25.7 Å². The number of amides is 1. The Labute approximate surface area is 134 Å². The Kier molecular flexibility index (Phi) is 4.68. The smallest absolute Gasteiger partial charge is 0.246 e. The topological polar surface area (TPSA) is 80.5 Å². The van der Waals surface area contributed by atoms with Crippen LogP contribution in [0, 0.1) is 6.92 Å². The Morgan fingerprint density at radius 1 is 1.39 bits per heavy atom. The van der Waals surface area contributed by atoms with Crippen LogP contribution in [0.1, 0.15) is 30.2 Å². The molecule has 1 aliphatic rings. The first kappa shape index (κ1) is 15.6. The van der Waals surface area contributed by atoms with E-state index in [1.807, 2.05) is 31.2 Å². The molecule has 1 aliphatic heterocycles. The Morgan fingerprint density at radius 2 is 2.17 bits per heavy atom. The van der Waals surface area contributed by atoms with Crippen LogP contribution in [-0.2, 0) is 16.1 Å². The largest absolute Gasteiger partial charge is 0.378 e. The zero-order chi connectivity index (χ0) is 16.2. The molecule has 1 aromatic carbocycles. The standard InChI is InChI=1S/C16H20N4O3/c1-11-17-16(23-19-11)15-10-22-8-7-20(15)9-13-3-5-14(6-4-13)18-12(2)21/h3-6,15H,7-10H2,1-2H3,(H,18,21)/t15-/m0/s1. The number of hydrogen-bond donors (Lipinski definition) is 1. The van der Waals surface area contributed by atoms with Gasteiger partial charge in [-0.1, -0.05) is 17.3 Å². The second kappa shape index (κ2) is 6.89. The summed E-state index contributed by atoms with van der Waals surface area (Å²) < 4.78 is 10.9. The fraction of sp³-hybridized carbons (Fsp3) is 0.438. The summed E-state index contributed by atoms with van der Waals surface area (Å²) in [6.07, 6.45) is 0. The highest BCUT2D eigenvalue weighted by Crippen LogP contribution is 2.25. The lowest BCUT2D eigenvalue weighted by Crippen LogP contribution is -2.39. The summed E-state index contributed by atoms with van der Waals surface area (Å²) >= 11 is 0. The molecule has 0 radical (unpaired) electrons. The molecule has 0 saturated carbocycles. The van der Waals surface area contributed by atoms with Gasteiger partial charge in [0.25, 0.3) is 0 Å². The number of carbonyl (C=O) groups is 1. The molecule has 7 heteroatoms. The Bertz CT molecular complexity index is 668. The maximum Gasteiger partial charge on any atom is 0.246 e. The highest BCUT2D eigenvalue weighted by Gasteiger charge is 2.29. The maximum absolute atomic E-state index is 11.1. The number of carbonyl (C=O) groups excluding carboxylic acids is 1. The Morgan fingerprint density at radius 3 is 2.83 bits per heavy atom. The molecule has 3 rings (SSSR count). The Balaban J connectivity index is 1.70. The average Bonchev–Trinajstić information content (AvgIpc) is 2.96. The van der Waals surface area contributed by atoms with Crippen LogP contribution >= 0.6 is 0 Å². The normalized spacial score (nSPS) is 18.8. The van der Waals surface area contributed by atoms with Gasteiger partial charge >= 0.3 is 0 Å². The number of benzene rings is 1. The summed E-state index contributed by atoms with van der Waals surface area (Å²) in [6, 6.07) is 7.81. The van der Waals surface area contributed by atoms with Crippen LogP contribution in [0.3, 0.4) is 0 Å². The van der Waals surface area contributed by atoms with Crippen molar-refractivity contribution >= 4 is 11.6 Å². The summed E-state index contributed by atoms with van der Waals surface area (Å²) in [5, 5.41) is 6.63. The summed E-state index contributed by atoms with van der Waals surface area (Å²) in [7, 11) is 0. The van der Waals surface area contributed by atoms with Gasteiger partial charge in [-0.15, -0.1) is 0 Å². The molecule has 0 aliphatic carbocycles. The number of nitrogens with zero attached hydrogens (tertiary/aromatic N) is 3. The van der Waals surface area contributed by atoms with E-state index in [-0.39, 0.29) is 11.9 Å². The molecular formula is C16H20N4O3. The van der Waals surface area contributed by atoms with Crippen LogP contribution < -0.4 is 5.32 Å². The van der Waals surface area contributed by atoms with Crippen molar-refractivity contribution in [3.05, 3.63) is 41.5 Å². The number of rotatable bonds is 4. The van der Waals surface area contributed by atoms with Crippen LogP contribution in [0.4, 0.5) is 5.69 Å². The Hall–Kier alpha value is -2.25. The number of nitrogens with one attached hydrogen (secondary N) is 1. The van der Waals surface area contributed by atoms with Crippen LogP contribution in [-0.4, -0.2) is 40.7 Å². The number of hydrogen-bond acceptors (Lipinski definition) is 6. The summed E-state index contributed by atoms with van der Waals surface area (Å²) in [6.45, 7) is 6.11. The number of anilines is 1. The molecule has 0 unspecified atom stereocenters. The van der Waals surface area contributed by atoms with Crippen LogP contribution in [0.25, 0.3) is 0 Å². The van der Waals surface area contributed by atoms with Gasteiger partial charge in [-0.25, -0.2) is 0 Å². The lowest BCUT2D eigenvalue weighted by molar-refractivity contribution is -0.114. The molecule has 1 N–H and O–H groups in total. The van der Waals surface area contributed by atoms with Crippen LogP contribution in [0.5, 0.6) is 0 Å². The van der Waals surface area contributed by atoms with E-state index in [0.717, 1.165) is 24.3 Å². The minimum absolute atomic E-state index is 0.0278. The molecule has 0 bridgehead atoms. The molecule has 1 aromatic heterocycles. The van der Waals surface area contributed by atoms with E-state index in [4.69, 9.17) is 9.26 Å². The fourth-order valence-electron chi connectivity index (χ4n) is 2.63. The minimum Gasteiger partial charge on any atom is -0.378 e. The third kappa shape index (κ3) is 3.94. The minimum atomic E-state index is -0.0715. The quantitative estimate of drug-likeness (QED) is 0.928. The molecule has 7 nitrogen and oxygen atoms in total. The van der Waals surface area contributed by atoms with Crippen molar-refractivity contribution in [2.75, 3.05) is 25.1 Å². The van der Waals surface area contributed by atoms with Crippen molar-refractivity contribution in [2.24, 2.45) is 0 Å². The molecule has 0 spiro atoms. The number of aromatic nitrogens is 2. The molecule has 2 heterocycles. The highest BCUT2D eigenvalue weighted by atomic mass is 16.5. The maximum atomic E-state index is 11.1. The third-order valence-electron chi connectivity index (χ3n) is 3.73. The predicted octanol–water partition coefficient (Wildman–Crippen LogP) is 1.91. The van der Waals surface area contributed by atoms with Crippen molar-refractivity contribution < 1.29 is 14.1 Å². The summed E-state index contributed by atoms with van der Waals surface area (Å²) in [4.78, 5) is 17.7. The second-order valence-electron chi connectivity index (χ2n) is 5.62.